The number of nitrogens with zero attached hydrogens (tertiary/aromatic N) is 1. The number of unbranched alkanes of at least 4 members (excludes halogenated alkanes) is 1. The molecule has 2 aromatic rings. The predicted molar refractivity (Wildman–Crippen MR) is 111 cm³/mol. The molecule has 144 valence electrons. The number of hydrogen-bond acceptors (Lipinski definition) is 4. The molecule has 1 atom stereocenters. The van der Waals surface area contributed by atoms with Gasteiger partial charge >= 0.3 is 0 Å². The Bertz CT molecular complexity index is 790. The van der Waals surface area contributed by atoms with Gasteiger partial charge in [0.15, 0.2) is 0 Å². The van der Waals surface area contributed by atoms with Crippen LogP contribution < -0.4 is 0 Å². The molecule has 0 fully saturated rings. The fraction of sp³-hybridized carbons (Fsp3) is 0.400. The van der Waals surface area contributed by atoms with Crippen LogP contribution in [0.3, 0.4) is 0 Å². The van der Waals surface area contributed by atoms with Crippen molar-refractivity contribution in [2.75, 3.05) is 12.4 Å². The first-order valence-electron chi connectivity index (χ1n) is 9.12. The van der Waals surface area contributed by atoms with Crippen LogP contribution in [0.2, 0.25) is 5.31 Å². The molecule has 0 saturated heterocycles. The lowest BCUT2D eigenvalue weighted by molar-refractivity contribution is -0.384. The summed E-state index contributed by atoms with van der Waals surface area (Å²) in [4.78, 5) is 11.5. The molecular formula is C20H25BFNO3S. The normalized spacial score (nSPS) is 13.3. The maximum Gasteiger partial charge on any atom is 0.269 e. The smallest absolute Gasteiger partial charge is 0.269 e. The van der Waals surface area contributed by atoms with Crippen molar-refractivity contribution in [2.24, 2.45) is 0 Å². The van der Waals surface area contributed by atoms with Crippen LogP contribution >= 0.6 is 11.8 Å². The molecule has 0 spiro atoms. The van der Waals surface area contributed by atoms with Crippen LogP contribution in [0, 0.1) is 15.9 Å². The fourth-order valence-corrected chi connectivity index (χ4v) is 4.10. The molecule has 0 aromatic heterocycles. The highest BCUT2D eigenvalue weighted by atomic mass is 32.2. The summed E-state index contributed by atoms with van der Waals surface area (Å²) in [6.07, 6.45) is 3.50. The van der Waals surface area contributed by atoms with E-state index < -0.39 is 4.92 Å². The number of thioether (sulfide) groups is 1. The molecule has 0 saturated carbocycles. The van der Waals surface area contributed by atoms with E-state index in [-0.39, 0.29) is 23.4 Å². The maximum absolute atomic E-state index is 13.8. The van der Waals surface area contributed by atoms with E-state index >= 15 is 0 Å². The van der Waals surface area contributed by atoms with Crippen molar-refractivity contribution in [3.05, 3.63) is 69.5 Å². The first kappa shape index (κ1) is 21.4. The topological polar surface area (TPSA) is 63.4 Å². The molecule has 0 aliphatic carbocycles. The number of nitro benzene ring substituents is 1. The van der Waals surface area contributed by atoms with Gasteiger partial charge in [-0.3, -0.25) is 10.1 Å². The van der Waals surface area contributed by atoms with E-state index in [0.717, 1.165) is 41.0 Å². The first-order chi connectivity index (χ1) is 12.9. The molecule has 0 aliphatic heterocycles. The van der Waals surface area contributed by atoms with Crippen molar-refractivity contribution < 1.29 is 14.4 Å². The summed E-state index contributed by atoms with van der Waals surface area (Å²) in [6.45, 7) is 2.24. The quantitative estimate of drug-likeness (QED) is 0.283. The summed E-state index contributed by atoms with van der Waals surface area (Å²) in [7, 11) is 2.07. The fourth-order valence-electron chi connectivity index (χ4n) is 2.88. The van der Waals surface area contributed by atoms with Crippen molar-refractivity contribution in [3.63, 3.8) is 0 Å². The first-order valence-corrected chi connectivity index (χ1v) is 10.1. The standard InChI is InChI=1S/C20H25BFNO3S/c1-2-3-9-20(21,13-24)14-27-19-8-7-17(22)12-16(19)10-15-5-4-6-18(11-15)23(25)26/h4-8,11-12,24H,2-3,9-10,13-14,21H2,1H3/t20-/m1/s1. The number of halogens is 1. The highest BCUT2D eigenvalue weighted by Gasteiger charge is 2.23. The minimum absolute atomic E-state index is 0.0329. The lowest BCUT2D eigenvalue weighted by Gasteiger charge is -2.27. The molecule has 2 rings (SSSR count). The Morgan fingerprint density at radius 3 is 2.74 bits per heavy atom. The van der Waals surface area contributed by atoms with E-state index in [9.17, 15) is 19.6 Å². The molecule has 4 nitrogen and oxygen atoms in total. The van der Waals surface area contributed by atoms with E-state index in [2.05, 4.69) is 14.8 Å². The number of aliphatic hydroxyl groups is 1. The third-order valence-electron chi connectivity index (χ3n) is 4.63. The lowest BCUT2D eigenvalue weighted by Crippen LogP contribution is -2.21. The number of nitro groups is 1. The van der Waals surface area contributed by atoms with Crippen molar-refractivity contribution in [3.8, 4) is 0 Å². The van der Waals surface area contributed by atoms with E-state index in [1.807, 2.05) is 6.07 Å². The lowest BCUT2D eigenvalue weighted by atomic mass is 9.68. The molecule has 0 radical (unpaired) electrons. The summed E-state index contributed by atoms with van der Waals surface area (Å²) >= 11 is 1.61. The maximum atomic E-state index is 13.8. The van der Waals surface area contributed by atoms with Gasteiger partial charge in [-0.2, -0.15) is 0 Å². The minimum atomic E-state index is -0.425. The van der Waals surface area contributed by atoms with Crippen LogP contribution in [0.25, 0.3) is 0 Å². The van der Waals surface area contributed by atoms with Gasteiger partial charge < -0.3 is 5.11 Å². The number of hydrogen-bond donors (Lipinski definition) is 1. The van der Waals surface area contributed by atoms with Gasteiger partial charge in [-0.25, -0.2) is 4.39 Å². The third kappa shape index (κ3) is 6.36. The van der Waals surface area contributed by atoms with Crippen LogP contribution in [0.1, 0.15) is 37.3 Å². The van der Waals surface area contributed by atoms with Gasteiger partial charge in [0, 0.05) is 23.6 Å². The SMILES string of the molecule is B[C@@](CO)(CCCC)CSc1ccc(F)cc1Cc1cccc([N+](=O)[O-])c1. The van der Waals surface area contributed by atoms with Crippen LogP contribution in [0.5, 0.6) is 0 Å². The molecule has 2 aromatic carbocycles. The summed E-state index contributed by atoms with van der Waals surface area (Å²) in [5, 5.41) is 20.6. The van der Waals surface area contributed by atoms with Crippen LogP contribution in [0.15, 0.2) is 47.4 Å². The van der Waals surface area contributed by atoms with E-state index in [4.69, 9.17) is 0 Å². The van der Waals surface area contributed by atoms with E-state index in [1.54, 1.807) is 23.9 Å². The molecule has 27 heavy (non-hydrogen) atoms. The van der Waals surface area contributed by atoms with Gasteiger partial charge in [0.1, 0.15) is 13.7 Å². The molecule has 0 amide bonds. The Morgan fingerprint density at radius 2 is 2.07 bits per heavy atom. The monoisotopic (exact) mass is 389 g/mol. The van der Waals surface area contributed by atoms with Gasteiger partial charge in [-0.1, -0.05) is 38.3 Å². The van der Waals surface area contributed by atoms with Crippen molar-refractivity contribution in [1.82, 2.24) is 0 Å². The summed E-state index contributed by atoms with van der Waals surface area (Å²) in [6, 6.07) is 11.1. The number of benzene rings is 2. The third-order valence-corrected chi connectivity index (χ3v) is 6.18. The van der Waals surface area contributed by atoms with Crippen LogP contribution in [-0.2, 0) is 6.42 Å². The zero-order chi connectivity index (χ0) is 19.9. The second-order valence-electron chi connectivity index (χ2n) is 7.22. The highest BCUT2D eigenvalue weighted by Crippen LogP contribution is 2.37. The van der Waals surface area contributed by atoms with Gasteiger partial charge in [-0.15, -0.1) is 11.8 Å². The Kier molecular flexibility index (Phi) is 7.86. The van der Waals surface area contributed by atoms with Gasteiger partial charge in [0.25, 0.3) is 5.69 Å². The van der Waals surface area contributed by atoms with E-state index in [0.29, 0.717) is 6.42 Å². The zero-order valence-electron chi connectivity index (χ0n) is 15.8. The largest absolute Gasteiger partial charge is 0.397 e. The number of rotatable bonds is 10. The summed E-state index contributed by atoms with van der Waals surface area (Å²) in [5.41, 5.74) is 1.61. The second kappa shape index (κ2) is 9.90. The number of non-ortho nitro benzene ring substituents is 1. The van der Waals surface area contributed by atoms with Gasteiger partial charge in [0.2, 0.25) is 0 Å². The van der Waals surface area contributed by atoms with Crippen LogP contribution in [0.4, 0.5) is 10.1 Å². The van der Waals surface area contributed by atoms with Crippen molar-refractivity contribution >= 4 is 25.3 Å². The molecule has 0 bridgehead atoms. The minimum Gasteiger partial charge on any atom is -0.397 e. The summed E-state index contributed by atoms with van der Waals surface area (Å²) in [5.74, 6) is 0.410. The van der Waals surface area contributed by atoms with Crippen molar-refractivity contribution in [1.29, 1.82) is 0 Å². The average molecular weight is 389 g/mol. The molecule has 0 unspecified atom stereocenters. The van der Waals surface area contributed by atoms with Gasteiger partial charge in [0.05, 0.1) is 4.92 Å². The summed E-state index contributed by atoms with van der Waals surface area (Å²) < 4.78 is 13.8. The Hall–Kier alpha value is -1.86. The zero-order valence-corrected chi connectivity index (χ0v) is 16.6. The highest BCUT2D eigenvalue weighted by molar-refractivity contribution is 7.99. The Labute approximate surface area is 164 Å². The van der Waals surface area contributed by atoms with Crippen LogP contribution in [-0.4, -0.2) is 30.2 Å². The Balaban J connectivity index is 2.19. The molecule has 7 heteroatoms. The van der Waals surface area contributed by atoms with E-state index in [1.165, 1.54) is 24.3 Å². The van der Waals surface area contributed by atoms with Crippen molar-refractivity contribution in [2.45, 2.75) is 42.8 Å². The molecule has 0 heterocycles. The second-order valence-corrected chi connectivity index (χ2v) is 8.23. The predicted octanol–water partition coefficient (Wildman–Crippen LogP) is 4.39. The molecule has 1 N–H and O–H groups in total. The van der Waals surface area contributed by atoms with Gasteiger partial charge in [-0.05, 0) is 46.8 Å². The molecule has 0 aliphatic rings. The number of aliphatic hydroxyl groups excluding tert-OH is 1. The molecular weight excluding hydrogens is 364 g/mol. The average Bonchev–Trinajstić information content (AvgIpc) is 2.66. The Morgan fingerprint density at radius 1 is 1.30 bits per heavy atom.